The van der Waals surface area contributed by atoms with E-state index >= 15 is 0 Å². The van der Waals surface area contributed by atoms with E-state index in [1.54, 1.807) is 14.2 Å². The van der Waals surface area contributed by atoms with Gasteiger partial charge in [0.15, 0.2) is 5.82 Å². The van der Waals surface area contributed by atoms with Gasteiger partial charge in [-0.25, -0.2) is 4.98 Å². The molecule has 1 saturated carbocycles. The van der Waals surface area contributed by atoms with E-state index in [1.807, 2.05) is 4.90 Å². The molecule has 4 rings (SSSR count). The monoisotopic (exact) mass is 432 g/mol. The minimum atomic E-state index is -0.231. The molecule has 1 aliphatic carbocycles. The molecule has 3 heterocycles. The summed E-state index contributed by atoms with van der Waals surface area (Å²) in [6.07, 6.45) is 3.54. The van der Waals surface area contributed by atoms with Crippen molar-refractivity contribution in [1.29, 1.82) is 0 Å². The second kappa shape index (κ2) is 8.92. The molecule has 8 nitrogen and oxygen atoms in total. The van der Waals surface area contributed by atoms with E-state index in [2.05, 4.69) is 18.7 Å². The number of nitrogen functional groups attached to an aromatic ring is 1. The first-order chi connectivity index (χ1) is 14.8. The minimum Gasteiger partial charge on any atom is -0.395 e. The summed E-state index contributed by atoms with van der Waals surface area (Å²) >= 11 is 0. The van der Waals surface area contributed by atoms with E-state index in [0.717, 1.165) is 23.6 Å². The Labute approximate surface area is 185 Å². The lowest BCUT2D eigenvalue weighted by atomic mass is 9.89. The Kier molecular flexibility index (Phi) is 6.42. The number of piperazine rings is 1. The van der Waals surface area contributed by atoms with Crippen LogP contribution in [0.15, 0.2) is 0 Å². The maximum Gasteiger partial charge on any atom is 0.225 e. The summed E-state index contributed by atoms with van der Waals surface area (Å²) in [6.45, 7) is 7.72. The maximum absolute atomic E-state index is 12.7. The summed E-state index contributed by atoms with van der Waals surface area (Å²) in [7, 11) is 3.29. The van der Waals surface area contributed by atoms with E-state index in [-0.39, 0.29) is 17.6 Å². The first-order valence-corrected chi connectivity index (χ1v) is 11.3. The van der Waals surface area contributed by atoms with Crippen molar-refractivity contribution in [2.75, 3.05) is 57.7 Å². The van der Waals surface area contributed by atoms with Gasteiger partial charge in [-0.1, -0.05) is 0 Å². The van der Waals surface area contributed by atoms with E-state index in [1.165, 1.54) is 24.0 Å². The second-order valence-corrected chi connectivity index (χ2v) is 9.58. The van der Waals surface area contributed by atoms with Crippen molar-refractivity contribution in [3.8, 4) is 0 Å². The molecule has 0 radical (unpaired) electrons. The van der Waals surface area contributed by atoms with Crippen molar-refractivity contribution < 1.29 is 19.0 Å². The SMILES string of the molecule is COCCC(=O)N1CCN(c2nc(C3CC3)c3c(c2N)CC(C)(C)OC3)CC1COC. The summed E-state index contributed by atoms with van der Waals surface area (Å²) in [5, 5.41) is 0. The summed E-state index contributed by atoms with van der Waals surface area (Å²) < 4.78 is 16.6. The first kappa shape index (κ1) is 22.3. The number of carbonyl (C=O) groups is 1. The highest BCUT2D eigenvalue weighted by atomic mass is 16.5. The van der Waals surface area contributed by atoms with Crippen LogP contribution >= 0.6 is 0 Å². The predicted octanol–water partition coefficient (Wildman–Crippen LogP) is 2.09. The van der Waals surface area contributed by atoms with Crippen LogP contribution in [0.5, 0.6) is 0 Å². The molecule has 8 heteroatoms. The Morgan fingerprint density at radius 3 is 2.68 bits per heavy atom. The number of ether oxygens (including phenoxy) is 3. The van der Waals surface area contributed by atoms with Crippen LogP contribution in [0.2, 0.25) is 0 Å². The van der Waals surface area contributed by atoms with Gasteiger partial charge in [0.2, 0.25) is 5.91 Å². The molecule has 0 spiro atoms. The molecule has 1 unspecified atom stereocenters. The van der Waals surface area contributed by atoms with Gasteiger partial charge in [0.05, 0.1) is 49.3 Å². The molecule has 31 heavy (non-hydrogen) atoms. The third kappa shape index (κ3) is 4.66. The number of anilines is 2. The molecule has 3 aliphatic rings. The average Bonchev–Trinajstić information content (AvgIpc) is 3.57. The van der Waals surface area contributed by atoms with Gasteiger partial charge in [0.25, 0.3) is 0 Å². The van der Waals surface area contributed by atoms with Crippen molar-refractivity contribution >= 4 is 17.4 Å². The molecular weight excluding hydrogens is 396 g/mol. The third-order valence-corrected chi connectivity index (χ3v) is 6.62. The number of rotatable bonds is 7. The molecule has 1 saturated heterocycles. The molecular formula is C23H36N4O4. The van der Waals surface area contributed by atoms with Crippen LogP contribution in [-0.4, -0.2) is 74.5 Å². The lowest BCUT2D eigenvalue weighted by Crippen LogP contribution is -2.57. The van der Waals surface area contributed by atoms with Crippen LogP contribution < -0.4 is 10.6 Å². The fraction of sp³-hybridized carbons (Fsp3) is 0.739. The highest BCUT2D eigenvalue weighted by Gasteiger charge is 2.38. The topological polar surface area (TPSA) is 90.2 Å². The van der Waals surface area contributed by atoms with Crippen LogP contribution in [0.3, 0.4) is 0 Å². The van der Waals surface area contributed by atoms with Crippen molar-refractivity contribution in [2.45, 2.75) is 63.7 Å². The van der Waals surface area contributed by atoms with Crippen LogP contribution in [0.25, 0.3) is 0 Å². The quantitative estimate of drug-likeness (QED) is 0.706. The molecule has 172 valence electrons. The van der Waals surface area contributed by atoms with Crippen LogP contribution in [0.1, 0.15) is 55.8 Å². The zero-order valence-corrected chi connectivity index (χ0v) is 19.3. The Balaban J connectivity index is 1.62. The van der Waals surface area contributed by atoms with Crippen LogP contribution in [-0.2, 0) is 32.0 Å². The van der Waals surface area contributed by atoms with Crippen LogP contribution in [0.4, 0.5) is 11.5 Å². The highest BCUT2D eigenvalue weighted by Crippen LogP contribution is 2.46. The van der Waals surface area contributed by atoms with E-state index in [4.69, 9.17) is 24.9 Å². The fourth-order valence-corrected chi connectivity index (χ4v) is 4.78. The number of amides is 1. The summed E-state index contributed by atoms with van der Waals surface area (Å²) in [5.41, 5.74) is 10.8. The highest BCUT2D eigenvalue weighted by molar-refractivity contribution is 5.77. The zero-order valence-electron chi connectivity index (χ0n) is 19.3. The number of carbonyl (C=O) groups excluding carboxylic acids is 1. The molecule has 1 atom stereocenters. The number of pyridine rings is 1. The number of hydrogen-bond acceptors (Lipinski definition) is 7. The first-order valence-electron chi connectivity index (χ1n) is 11.3. The molecule has 1 aromatic rings. The number of hydrogen-bond donors (Lipinski definition) is 1. The van der Waals surface area contributed by atoms with Gasteiger partial charge < -0.3 is 29.7 Å². The standard InChI is InChI=1S/C23H36N4O4/c1-23(2)11-17-18(14-31-23)21(15-5-6-15)25-22(20(17)24)26-8-9-27(16(12-26)13-30-4)19(28)7-10-29-3/h15-16H,5-14,24H2,1-4H3. The second-order valence-electron chi connectivity index (χ2n) is 9.58. The van der Waals surface area contributed by atoms with Gasteiger partial charge >= 0.3 is 0 Å². The molecule has 0 bridgehead atoms. The molecule has 2 N–H and O–H groups in total. The smallest absolute Gasteiger partial charge is 0.225 e. The number of nitrogens with two attached hydrogens (primary N) is 1. The molecule has 1 amide bonds. The summed E-state index contributed by atoms with van der Waals surface area (Å²) in [5.74, 6) is 1.49. The molecule has 0 aromatic carbocycles. The van der Waals surface area contributed by atoms with Gasteiger partial charge in [0.1, 0.15) is 0 Å². The van der Waals surface area contributed by atoms with E-state index in [9.17, 15) is 4.79 Å². The zero-order chi connectivity index (χ0) is 22.2. The van der Waals surface area contributed by atoms with Crippen molar-refractivity contribution in [3.05, 3.63) is 16.8 Å². The Morgan fingerprint density at radius 2 is 2.00 bits per heavy atom. The number of methoxy groups -OCH3 is 2. The average molecular weight is 433 g/mol. The number of fused-ring (bicyclic) bond motifs is 1. The third-order valence-electron chi connectivity index (χ3n) is 6.62. The normalized spacial score (nSPS) is 23.0. The van der Waals surface area contributed by atoms with Gasteiger partial charge in [-0.05, 0) is 32.3 Å². The molecule has 2 aliphatic heterocycles. The lowest BCUT2D eigenvalue weighted by Gasteiger charge is -2.43. The Bertz CT molecular complexity index is 824. The van der Waals surface area contributed by atoms with Crippen LogP contribution in [0, 0.1) is 0 Å². The lowest BCUT2D eigenvalue weighted by molar-refractivity contribution is -0.136. The van der Waals surface area contributed by atoms with Crippen molar-refractivity contribution in [1.82, 2.24) is 9.88 Å². The molecule has 2 fully saturated rings. The largest absolute Gasteiger partial charge is 0.395 e. The van der Waals surface area contributed by atoms with Gasteiger partial charge in [0, 0.05) is 51.8 Å². The Hall–Kier alpha value is -1.90. The van der Waals surface area contributed by atoms with Crippen molar-refractivity contribution in [2.24, 2.45) is 0 Å². The minimum absolute atomic E-state index is 0.0375. The van der Waals surface area contributed by atoms with E-state index < -0.39 is 0 Å². The van der Waals surface area contributed by atoms with Gasteiger partial charge in [-0.2, -0.15) is 0 Å². The van der Waals surface area contributed by atoms with Gasteiger partial charge in [-0.15, -0.1) is 0 Å². The number of nitrogens with zero attached hydrogens (tertiary/aromatic N) is 3. The summed E-state index contributed by atoms with van der Waals surface area (Å²) in [6, 6.07) is -0.0375. The summed E-state index contributed by atoms with van der Waals surface area (Å²) in [4.78, 5) is 21.9. The van der Waals surface area contributed by atoms with Gasteiger partial charge in [-0.3, -0.25) is 4.79 Å². The van der Waals surface area contributed by atoms with E-state index in [0.29, 0.717) is 51.8 Å². The molecule has 1 aromatic heterocycles. The Morgan fingerprint density at radius 1 is 1.23 bits per heavy atom. The maximum atomic E-state index is 12.7. The predicted molar refractivity (Wildman–Crippen MR) is 119 cm³/mol. The number of aromatic nitrogens is 1. The van der Waals surface area contributed by atoms with Crippen molar-refractivity contribution in [3.63, 3.8) is 0 Å². The fourth-order valence-electron chi connectivity index (χ4n) is 4.78.